The number of fused-ring (bicyclic) bond motifs is 1. The third-order valence-electron chi connectivity index (χ3n) is 8.00. The van der Waals surface area contributed by atoms with Crippen LogP contribution in [0.3, 0.4) is 0 Å². The van der Waals surface area contributed by atoms with Gasteiger partial charge in [0.1, 0.15) is 23.7 Å². The standard InChI is InChI=1S/C32H36F2N8O2.CH4/c1-8-24(43)40-13-19(7)41(14-18(40)6)30-20-12-22(34)28(25-21(33)10-9-11-23(25)35)38-31(20)42(32(44)39-30)29-26(16(2)3)36-15-37-27(29)17(4)5;/h8-12,15-19H,1,13-14,35H2,2-7H3;1H4/t18-,19+;/m1./s1. The van der Waals surface area contributed by atoms with Gasteiger partial charge in [-0.3, -0.25) is 4.79 Å². The number of anilines is 2. The quantitative estimate of drug-likeness (QED) is 0.219. The van der Waals surface area contributed by atoms with Crippen LogP contribution in [0, 0.1) is 11.6 Å². The summed E-state index contributed by atoms with van der Waals surface area (Å²) in [6.07, 6.45) is 2.72. The van der Waals surface area contributed by atoms with E-state index in [0.717, 1.165) is 0 Å². The molecular weight excluding hydrogens is 578 g/mol. The summed E-state index contributed by atoms with van der Waals surface area (Å²) in [5.74, 6) is -1.82. The number of nitrogens with zero attached hydrogens (tertiary/aromatic N) is 7. The van der Waals surface area contributed by atoms with E-state index in [4.69, 9.17) is 5.73 Å². The van der Waals surface area contributed by atoms with E-state index in [1.165, 1.54) is 41.2 Å². The highest BCUT2D eigenvalue weighted by atomic mass is 19.1. The van der Waals surface area contributed by atoms with Gasteiger partial charge in [-0.1, -0.05) is 47.8 Å². The number of aromatic nitrogens is 5. The fourth-order valence-corrected chi connectivity index (χ4v) is 5.82. The number of pyridine rings is 1. The molecule has 0 saturated carbocycles. The fourth-order valence-electron chi connectivity index (χ4n) is 5.82. The van der Waals surface area contributed by atoms with Crippen LogP contribution in [-0.2, 0) is 4.79 Å². The molecule has 1 fully saturated rings. The van der Waals surface area contributed by atoms with Crippen LogP contribution in [-0.4, -0.2) is 60.5 Å². The van der Waals surface area contributed by atoms with E-state index in [-0.39, 0.29) is 71.0 Å². The Morgan fingerprint density at radius 1 is 1.02 bits per heavy atom. The molecule has 10 nitrogen and oxygen atoms in total. The predicted molar refractivity (Wildman–Crippen MR) is 174 cm³/mol. The zero-order valence-electron chi connectivity index (χ0n) is 25.7. The molecular formula is C33H40F2N8O2. The molecule has 0 aliphatic carbocycles. The van der Waals surface area contributed by atoms with Crippen molar-refractivity contribution in [2.24, 2.45) is 0 Å². The summed E-state index contributed by atoms with van der Waals surface area (Å²) in [5, 5.41) is 0.233. The molecule has 238 valence electrons. The molecule has 0 radical (unpaired) electrons. The van der Waals surface area contributed by atoms with Gasteiger partial charge in [0.2, 0.25) is 5.91 Å². The first-order chi connectivity index (χ1) is 20.8. The molecule has 4 heterocycles. The van der Waals surface area contributed by atoms with Crippen molar-refractivity contribution < 1.29 is 13.6 Å². The summed E-state index contributed by atoms with van der Waals surface area (Å²) in [4.78, 5) is 48.4. The minimum atomic E-state index is -0.832. The number of nitrogens with two attached hydrogens (primary N) is 1. The maximum Gasteiger partial charge on any atom is 0.355 e. The van der Waals surface area contributed by atoms with Crippen molar-refractivity contribution >= 4 is 28.4 Å². The average Bonchev–Trinajstić information content (AvgIpc) is 2.97. The number of benzene rings is 1. The van der Waals surface area contributed by atoms with Crippen molar-refractivity contribution in [1.82, 2.24) is 29.4 Å². The van der Waals surface area contributed by atoms with Crippen LogP contribution in [0.2, 0.25) is 0 Å². The monoisotopic (exact) mass is 618 g/mol. The highest BCUT2D eigenvalue weighted by molar-refractivity contribution is 5.92. The van der Waals surface area contributed by atoms with E-state index < -0.39 is 17.3 Å². The van der Waals surface area contributed by atoms with Crippen molar-refractivity contribution in [3.05, 3.63) is 76.8 Å². The Hall–Kier alpha value is -4.74. The SMILES string of the molecule is C.C=CC(=O)N1C[C@H](C)N(c2nc(=O)n(-c3c(C(C)C)ncnc3C(C)C)c3nc(-c4c(N)cccc4F)c(F)cc23)C[C@H]1C. The number of rotatable bonds is 6. The predicted octanol–water partition coefficient (Wildman–Crippen LogP) is 5.59. The van der Waals surface area contributed by atoms with Crippen LogP contribution in [0.15, 0.2) is 48.0 Å². The second-order valence-corrected chi connectivity index (χ2v) is 11.8. The Morgan fingerprint density at radius 2 is 1.67 bits per heavy atom. The summed E-state index contributed by atoms with van der Waals surface area (Å²) in [6, 6.07) is 4.73. The van der Waals surface area contributed by atoms with Gasteiger partial charge in [0, 0.05) is 30.9 Å². The number of amides is 1. The first kappa shape index (κ1) is 33.2. The van der Waals surface area contributed by atoms with Crippen molar-refractivity contribution in [3.63, 3.8) is 0 Å². The molecule has 2 N–H and O–H groups in total. The summed E-state index contributed by atoms with van der Waals surface area (Å²) >= 11 is 0. The number of carbonyl (C=O) groups excluding carboxylic acids is 1. The van der Waals surface area contributed by atoms with Crippen molar-refractivity contribution in [1.29, 1.82) is 0 Å². The molecule has 1 aromatic carbocycles. The van der Waals surface area contributed by atoms with Crippen molar-refractivity contribution in [2.45, 2.75) is 72.9 Å². The van der Waals surface area contributed by atoms with Gasteiger partial charge in [0.25, 0.3) is 0 Å². The van der Waals surface area contributed by atoms with Crippen LogP contribution < -0.4 is 16.3 Å². The summed E-state index contributed by atoms with van der Waals surface area (Å²) in [5.41, 5.74) is 6.51. The molecule has 1 aliphatic rings. The number of piperazine rings is 1. The number of carbonyl (C=O) groups is 1. The molecule has 4 aromatic rings. The van der Waals surface area contributed by atoms with Gasteiger partial charge in [-0.25, -0.2) is 33.1 Å². The second kappa shape index (κ2) is 12.7. The van der Waals surface area contributed by atoms with Crippen LogP contribution >= 0.6 is 0 Å². The third kappa shape index (κ3) is 5.76. The number of halogens is 2. The lowest BCUT2D eigenvalue weighted by Crippen LogP contribution is -2.58. The number of hydrogen-bond donors (Lipinski definition) is 1. The van der Waals surface area contributed by atoms with E-state index >= 15 is 8.78 Å². The van der Waals surface area contributed by atoms with Crippen molar-refractivity contribution in [2.75, 3.05) is 23.7 Å². The maximum atomic E-state index is 16.0. The van der Waals surface area contributed by atoms with Gasteiger partial charge in [-0.2, -0.15) is 4.98 Å². The molecule has 0 unspecified atom stereocenters. The fraction of sp³-hybridized carbons (Fsp3) is 0.394. The lowest BCUT2D eigenvalue weighted by Gasteiger charge is -2.44. The minimum absolute atomic E-state index is 0. The Kier molecular flexibility index (Phi) is 9.36. The van der Waals surface area contributed by atoms with E-state index in [0.29, 0.717) is 30.2 Å². The first-order valence-electron chi connectivity index (χ1n) is 14.6. The molecule has 2 atom stereocenters. The lowest BCUT2D eigenvalue weighted by molar-refractivity contribution is -0.128. The Labute approximate surface area is 261 Å². The van der Waals surface area contributed by atoms with E-state index in [2.05, 4.69) is 26.5 Å². The van der Waals surface area contributed by atoms with Gasteiger partial charge in [-0.05, 0) is 50.0 Å². The average molecular weight is 619 g/mol. The minimum Gasteiger partial charge on any atom is -0.398 e. The summed E-state index contributed by atoms with van der Waals surface area (Å²) < 4.78 is 32.5. The van der Waals surface area contributed by atoms with E-state index in [9.17, 15) is 9.59 Å². The molecule has 0 bridgehead atoms. The number of nitrogen functional groups attached to an aromatic ring is 1. The van der Waals surface area contributed by atoms with Gasteiger partial charge in [-0.15, -0.1) is 0 Å². The summed E-state index contributed by atoms with van der Waals surface area (Å²) in [7, 11) is 0. The normalized spacial score (nSPS) is 16.8. The van der Waals surface area contributed by atoms with Gasteiger partial charge < -0.3 is 15.5 Å². The first-order valence-corrected chi connectivity index (χ1v) is 14.6. The zero-order chi connectivity index (χ0) is 32.0. The molecule has 45 heavy (non-hydrogen) atoms. The zero-order valence-corrected chi connectivity index (χ0v) is 25.7. The smallest absolute Gasteiger partial charge is 0.355 e. The van der Waals surface area contributed by atoms with Crippen LogP contribution in [0.4, 0.5) is 20.3 Å². The molecule has 1 aliphatic heterocycles. The van der Waals surface area contributed by atoms with E-state index in [1.54, 1.807) is 4.90 Å². The van der Waals surface area contributed by atoms with Gasteiger partial charge in [0.05, 0.1) is 28.0 Å². The lowest BCUT2D eigenvalue weighted by atomic mass is 10.0. The Morgan fingerprint density at radius 3 is 2.24 bits per heavy atom. The van der Waals surface area contributed by atoms with Crippen LogP contribution in [0.1, 0.15) is 72.2 Å². The highest BCUT2D eigenvalue weighted by Gasteiger charge is 2.34. The van der Waals surface area contributed by atoms with Crippen LogP contribution in [0.5, 0.6) is 0 Å². The molecule has 0 spiro atoms. The number of hydrogen-bond acceptors (Lipinski definition) is 8. The molecule has 1 saturated heterocycles. The molecule has 5 rings (SSSR count). The largest absolute Gasteiger partial charge is 0.398 e. The molecule has 12 heteroatoms. The Balaban J connectivity index is 0.00000461. The molecule has 1 amide bonds. The second-order valence-electron chi connectivity index (χ2n) is 11.8. The topological polar surface area (TPSA) is 123 Å². The van der Waals surface area contributed by atoms with Gasteiger partial charge in [0.15, 0.2) is 11.5 Å². The maximum absolute atomic E-state index is 16.0. The summed E-state index contributed by atoms with van der Waals surface area (Å²) in [6.45, 7) is 15.8. The highest BCUT2D eigenvalue weighted by Crippen LogP contribution is 2.36. The van der Waals surface area contributed by atoms with Crippen LogP contribution in [0.25, 0.3) is 28.0 Å². The third-order valence-corrected chi connectivity index (χ3v) is 8.00. The molecule has 3 aromatic heterocycles. The van der Waals surface area contributed by atoms with Gasteiger partial charge >= 0.3 is 5.69 Å². The van der Waals surface area contributed by atoms with Crippen molar-refractivity contribution in [3.8, 4) is 16.9 Å². The van der Waals surface area contributed by atoms with E-state index in [1.807, 2.05) is 46.4 Å². The Bertz CT molecular complexity index is 1790.